The van der Waals surface area contributed by atoms with E-state index in [-0.39, 0.29) is 0 Å². The zero-order chi connectivity index (χ0) is 9.10. The van der Waals surface area contributed by atoms with Crippen LogP contribution in [-0.4, -0.2) is 26.6 Å². The first kappa shape index (κ1) is 9.26. The number of rotatable bonds is 2. The molecule has 0 aliphatic carbocycles. The van der Waals surface area contributed by atoms with Gasteiger partial charge in [0.05, 0.1) is 0 Å². The van der Waals surface area contributed by atoms with Gasteiger partial charge in [-0.2, -0.15) is 0 Å². The molecule has 1 saturated heterocycles. The molecule has 1 heterocycles. The van der Waals surface area contributed by atoms with Crippen LogP contribution in [0.5, 0.6) is 0 Å². The Morgan fingerprint density at radius 2 is 2.08 bits per heavy atom. The van der Waals surface area contributed by atoms with Gasteiger partial charge in [-0.15, -0.1) is 0 Å². The van der Waals surface area contributed by atoms with Crippen LogP contribution in [0.1, 0.15) is 13.3 Å². The van der Waals surface area contributed by atoms with Gasteiger partial charge in [-0.25, -0.2) is 0 Å². The van der Waals surface area contributed by atoms with Gasteiger partial charge < -0.3 is 0 Å². The second-order valence-corrected chi connectivity index (χ2v) is 5.89. The Morgan fingerprint density at radius 3 is 2.69 bits per heavy atom. The molecule has 1 nitrogen and oxygen atoms in total. The molecule has 0 bridgehead atoms. The van der Waals surface area contributed by atoms with E-state index in [0.29, 0.717) is 20.0 Å². The second-order valence-electron chi connectivity index (χ2n) is 3.44. The third-order valence-electron chi connectivity index (χ3n) is 2.32. The Balaban J connectivity index is 1.98. The standard InChI is InChI=1S/C11H14OSe/c1-9-7-8-12-11(9)13-10-5-3-2-4-6-10/h2-6,9,11H,7-8H2,1H3/t9-,11+/m0/s1. The van der Waals surface area contributed by atoms with Crippen LogP contribution in [0.15, 0.2) is 30.3 Å². The molecule has 0 amide bonds. The molecule has 0 N–H and O–H groups in total. The molecule has 0 unspecified atom stereocenters. The van der Waals surface area contributed by atoms with Crippen molar-refractivity contribution in [2.24, 2.45) is 5.92 Å². The topological polar surface area (TPSA) is 9.23 Å². The molecule has 1 aliphatic heterocycles. The van der Waals surface area contributed by atoms with E-state index < -0.39 is 0 Å². The van der Waals surface area contributed by atoms with Crippen LogP contribution >= 0.6 is 0 Å². The maximum absolute atomic E-state index is 5.70. The molecular formula is C11H14OSe. The van der Waals surface area contributed by atoms with E-state index >= 15 is 0 Å². The normalized spacial score (nSPS) is 27.8. The first-order valence-electron chi connectivity index (χ1n) is 4.69. The van der Waals surface area contributed by atoms with Crippen molar-refractivity contribution in [1.29, 1.82) is 0 Å². The van der Waals surface area contributed by atoms with Gasteiger partial charge in [0.1, 0.15) is 0 Å². The first-order chi connectivity index (χ1) is 6.36. The molecule has 0 saturated carbocycles. The third kappa shape index (κ3) is 2.34. The van der Waals surface area contributed by atoms with Crippen molar-refractivity contribution in [2.45, 2.75) is 18.3 Å². The summed E-state index contributed by atoms with van der Waals surface area (Å²) in [4.78, 5) is 0. The molecule has 0 spiro atoms. The molecule has 1 aromatic rings. The molecular weight excluding hydrogens is 227 g/mol. The molecule has 1 fully saturated rings. The van der Waals surface area contributed by atoms with E-state index in [9.17, 15) is 0 Å². The van der Waals surface area contributed by atoms with Crippen LogP contribution in [0.25, 0.3) is 0 Å². The fourth-order valence-corrected chi connectivity index (χ4v) is 3.79. The summed E-state index contributed by atoms with van der Waals surface area (Å²) in [7, 11) is 0. The molecule has 0 aromatic heterocycles. The van der Waals surface area contributed by atoms with Crippen LogP contribution in [-0.2, 0) is 4.74 Å². The number of benzene rings is 1. The monoisotopic (exact) mass is 242 g/mol. The first-order valence-corrected chi connectivity index (χ1v) is 6.54. The summed E-state index contributed by atoms with van der Waals surface area (Å²) in [6, 6.07) is 10.7. The molecule has 2 rings (SSSR count). The molecule has 0 radical (unpaired) electrons. The Labute approximate surface area is 85.6 Å². The zero-order valence-corrected chi connectivity index (χ0v) is 9.49. The van der Waals surface area contributed by atoms with Gasteiger partial charge in [0.25, 0.3) is 0 Å². The minimum absolute atomic E-state index is 0.497. The van der Waals surface area contributed by atoms with Gasteiger partial charge in [-0.1, -0.05) is 0 Å². The van der Waals surface area contributed by atoms with Crippen LogP contribution in [0, 0.1) is 5.92 Å². The maximum atomic E-state index is 5.70. The predicted octanol–water partition coefficient (Wildman–Crippen LogP) is 1.40. The van der Waals surface area contributed by atoms with E-state index in [1.54, 1.807) is 0 Å². The van der Waals surface area contributed by atoms with E-state index in [4.69, 9.17) is 4.74 Å². The van der Waals surface area contributed by atoms with Crippen molar-refractivity contribution in [3.8, 4) is 0 Å². The summed E-state index contributed by atoms with van der Waals surface area (Å²) in [5, 5.41) is 0.509. The molecule has 70 valence electrons. The fourth-order valence-electron chi connectivity index (χ4n) is 1.45. The summed E-state index contributed by atoms with van der Waals surface area (Å²) in [6.07, 6.45) is 1.24. The van der Waals surface area contributed by atoms with Gasteiger partial charge in [-0.3, -0.25) is 0 Å². The van der Waals surface area contributed by atoms with Gasteiger partial charge in [0.2, 0.25) is 0 Å². The Bertz CT molecular complexity index is 260. The summed E-state index contributed by atoms with van der Waals surface area (Å²) in [6.45, 7) is 3.25. The average molecular weight is 241 g/mol. The second kappa shape index (κ2) is 4.28. The SMILES string of the molecule is C[C@H]1CCO[C@@H]1[Se]c1ccccc1. The van der Waals surface area contributed by atoms with Crippen molar-refractivity contribution >= 4 is 19.4 Å². The van der Waals surface area contributed by atoms with Gasteiger partial charge >= 0.3 is 85.4 Å². The van der Waals surface area contributed by atoms with Crippen molar-refractivity contribution in [3.63, 3.8) is 0 Å². The fraction of sp³-hybridized carbons (Fsp3) is 0.455. The van der Waals surface area contributed by atoms with E-state index in [2.05, 4.69) is 37.3 Å². The summed E-state index contributed by atoms with van der Waals surface area (Å²) >= 11 is 0.497. The quantitative estimate of drug-likeness (QED) is 0.711. The molecule has 13 heavy (non-hydrogen) atoms. The number of ether oxygens (including phenoxy) is 1. The van der Waals surface area contributed by atoms with Gasteiger partial charge in [0.15, 0.2) is 0 Å². The van der Waals surface area contributed by atoms with E-state index in [1.807, 2.05) is 0 Å². The average Bonchev–Trinajstić information content (AvgIpc) is 2.54. The molecule has 2 atom stereocenters. The van der Waals surface area contributed by atoms with Crippen LogP contribution < -0.4 is 4.46 Å². The van der Waals surface area contributed by atoms with Crippen LogP contribution in [0.3, 0.4) is 0 Å². The Kier molecular flexibility index (Phi) is 3.05. The third-order valence-corrected chi connectivity index (χ3v) is 5.21. The molecule has 2 heteroatoms. The Morgan fingerprint density at radius 1 is 1.31 bits per heavy atom. The van der Waals surface area contributed by atoms with Crippen molar-refractivity contribution in [1.82, 2.24) is 0 Å². The van der Waals surface area contributed by atoms with E-state index in [1.165, 1.54) is 10.9 Å². The molecule has 1 aliphatic rings. The van der Waals surface area contributed by atoms with Crippen LogP contribution in [0.4, 0.5) is 0 Å². The van der Waals surface area contributed by atoms with E-state index in [0.717, 1.165) is 12.5 Å². The predicted molar refractivity (Wildman–Crippen MR) is 55.4 cm³/mol. The minimum atomic E-state index is 0.497. The number of hydrogen-bond acceptors (Lipinski definition) is 1. The van der Waals surface area contributed by atoms with Crippen molar-refractivity contribution in [2.75, 3.05) is 6.61 Å². The van der Waals surface area contributed by atoms with Gasteiger partial charge in [0, 0.05) is 0 Å². The van der Waals surface area contributed by atoms with Crippen molar-refractivity contribution < 1.29 is 4.74 Å². The summed E-state index contributed by atoms with van der Waals surface area (Å²) in [5.41, 5.74) is 0. The van der Waals surface area contributed by atoms with Crippen molar-refractivity contribution in [3.05, 3.63) is 30.3 Å². The Hall–Kier alpha value is -0.301. The van der Waals surface area contributed by atoms with Crippen LogP contribution in [0.2, 0.25) is 0 Å². The summed E-state index contributed by atoms with van der Waals surface area (Å²) in [5.74, 6) is 0.750. The number of hydrogen-bond donors (Lipinski definition) is 0. The molecule has 1 aromatic carbocycles. The zero-order valence-electron chi connectivity index (χ0n) is 7.77. The summed E-state index contributed by atoms with van der Waals surface area (Å²) < 4.78 is 7.15. The van der Waals surface area contributed by atoms with Gasteiger partial charge in [-0.05, 0) is 0 Å².